The summed E-state index contributed by atoms with van der Waals surface area (Å²) in [7, 11) is 0. The standard InChI is InChI=1S/C21H27N3O4.ClH/c25-19(7-6-15-8-10-22-11-9-15)24-12-2-4-17(14-24)20(26)23-18-5-1-3-16(13-18)21(27)28;/h1,3,5-7,13,15,17,22H,2,4,8-12,14H2,(H,23,26)(H,27,28);1H. The number of benzene rings is 1. The van der Waals surface area contributed by atoms with Crippen LogP contribution >= 0.6 is 12.4 Å². The van der Waals surface area contributed by atoms with Crippen molar-refractivity contribution in [1.29, 1.82) is 0 Å². The molecule has 0 aromatic heterocycles. The normalized spacial score (nSPS) is 20.1. The molecule has 7 nitrogen and oxygen atoms in total. The van der Waals surface area contributed by atoms with Crippen LogP contribution in [-0.2, 0) is 9.59 Å². The van der Waals surface area contributed by atoms with Crippen LogP contribution < -0.4 is 10.6 Å². The molecule has 0 radical (unpaired) electrons. The van der Waals surface area contributed by atoms with Crippen LogP contribution in [0.2, 0.25) is 0 Å². The number of carbonyl (C=O) groups is 3. The largest absolute Gasteiger partial charge is 0.478 e. The Morgan fingerprint density at radius 2 is 1.93 bits per heavy atom. The zero-order valence-corrected chi connectivity index (χ0v) is 17.1. The lowest BCUT2D eigenvalue weighted by Crippen LogP contribution is -2.43. The number of aromatic carboxylic acids is 1. The van der Waals surface area contributed by atoms with Gasteiger partial charge < -0.3 is 20.6 Å². The third-order valence-corrected chi connectivity index (χ3v) is 5.38. The fourth-order valence-electron chi connectivity index (χ4n) is 3.73. The van der Waals surface area contributed by atoms with Gasteiger partial charge in [-0.2, -0.15) is 0 Å². The number of nitrogens with zero attached hydrogens (tertiary/aromatic N) is 1. The summed E-state index contributed by atoms with van der Waals surface area (Å²) in [5.41, 5.74) is 0.584. The third kappa shape index (κ3) is 6.58. The number of halogens is 1. The monoisotopic (exact) mass is 421 g/mol. The van der Waals surface area contributed by atoms with Crippen molar-refractivity contribution < 1.29 is 19.5 Å². The van der Waals surface area contributed by atoms with Gasteiger partial charge in [0.15, 0.2) is 0 Å². The van der Waals surface area contributed by atoms with Crippen molar-refractivity contribution in [3.8, 4) is 0 Å². The van der Waals surface area contributed by atoms with Gasteiger partial charge in [-0.1, -0.05) is 12.1 Å². The minimum Gasteiger partial charge on any atom is -0.478 e. The van der Waals surface area contributed by atoms with Gasteiger partial charge in [-0.25, -0.2) is 4.79 Å². The molecule has 2 fully saturated rings. The molecule has 1 atom stereocenters. The van der Waals surface area contributed by atoms with E-state index in [2.05, 4.69) is 10.6 Å². The Morgan fingerprint density at radius 3 is 2.66 bits per heavy atom. The molecule has 2 aliphatic rings. The number of carboxylic acids is 1. The summed E-state index contributed by atoms with van der Waals surface area (Å²) >= 11 is 0. The van der Waals surface area contributed by atoms with Crippen LogP contribution in [0.4, 0.5) is 5.69 Å². The van der Waals surface area contributed by atoms with Gasteiger partial charge in [0, 0.05) is 18.8 Å². The predicted molar refractivity (Wildman–Crippen MR) is 113 cm³/mol. The molecule has 158 valence electrons. The Labute approximate surface area is 176 Å². The Morgan fingerprint density at radius 1 is 1.17 bits per heavy atom. The minimum atomic E-state index is -1.04. The van der Waals surface area contributed by atoms with E-state index >= 15 is 0 Å². The molecular weight excluding hydrogens is 394 g/mol. The number of allylic oxidation sites excluding steroid dienone is 1. The van der Waals surface area contributed by atoms with Crippen molar-refractivity contribution in [1.82, 2.24) is 10.2 Å². The molecule has 1 unspecified atom stereocenters. The van der Waals surface area contributed by atoms with Gasteiger partial charge >= 0.3 is 5.97 Å². The number of piperidine rings is 2. The molecule has 1 aromatic carbocycles. The summed E-state index contributed by atoms with van der Waals surface area (Å²) in [6.07, 6.45) is 7.25. The second-order valence-corrected chi connectivity index (χ2v) is 7.45. The molecule has 2 aliphatic heterocycles. The molecule has 0 bridgehead atoms. The lowest BCUT2D eigenvalue weighted by molar-refractivity contribution is -0.130. The second kappa shape index (κ2) is 11.0. The predicted octanol–water partition coefficient (Wildman–Crippen LogP) is 2.54. The summed E-state index contributed by atoms with van der Waals surface area (Å²) in [6, 6.07) is 6.18. The third-order valence-electron chi connectivity index (χ3n) is 5.38. The Bertz CT molecular complexity index is 762. The second-order valence-electron chi connectivity index (χ2n) is 7.45. The number of likely N-dealkylation sites (tertiary alicyclic amines) is 1. The number of hydrogen-bond acceptors (Lipinski definition) is 4. The van der Waals surface area contributed by atoms with Crippen LogP contribution in [0.5, 0.6) is 0 Å². The van der Waals surface area contributed by atoms with E-state index in [1.54, 1.807) is 23.1 Å². The maximum atomic E-state index is 12.6. The van der Waals surface area contributed by atoms with Crippen LogP contribution in [0.3, 0.4) is 0 Å². The van der Waals surface area contributed by atoms with Crippen molar-refractivity contribution >= 4 is 35.9 Å². The van der Waals surface area contributed by atoms with Crippen LogP contribution in [-0.4, -0.2) is 54.0 Å². The molecule has 3 N–H and O–H groups in total. The van der Waals surface area contributed by atoms with Crippen LogP contribution in [0.1, 0.15) is 36.0 Å². The van der Waals surface area contributed by atoms with E-state index in [0.717, 1.165) is 32.4 Å². The van der Waals surface area contributed by atoms with E-state index < -0.39 is 5.97 Å². The van der Waals surface area contributed by atoms with Crippen LogP contribution in [0.15, 0.2) is 36.4 Å². The van der Waals surface area contributed by atoms with E-state index in [1.807, 2.05) is 6.08 Å². The summed E-state index contributed by atoms with van der Waals surface area (Å²) in [5, 5.41) is 15.2. The van der Waals surface area contributed by atoms with Crippen molar-refractivity contribution in [2.45, 2.75) is 25.7 Å². The van der Waals surface area contributed by atoms with Crippen molar-refractivity contribution in [2.75, 3.05) is 31.5 Å². The lowest BCUT2D eigenvalue weighted by atomic mass is 9.96. The van der Waals surface area contributed by atoms with Gasteiger partial charge in [0.05, 0.1) is 11.5 Å². The summed E-state index contributed by atoms with van der Waals surface area (Å²) in [6.45, 7) is 3.02. The number of nitrogens with one attached hydrogen (secondary N) is 2. The number of carbonyl (C=O) groups excluding carboxylic acids is 2. The van der Waals surface area contributed by atoms with Gasteiger partial charge in [0.2, 0.25) is 11.8 Å². The fourth-order valence-corrected chi connectivity index (χ4v) is 3.73. The highest BCUT2D eigenvalue weighted by molar-refractivity contribution is 5.95. The van der Waals surface area contributed by atoms with Gasteiger partial charge in [0.1, 0.15) is 0 Å². The highest BCUT2D eigenvalue weighted by Crippen LogP contribution is 2.20. The maximum Gasteiger partial charge on any atom is 0.335 e. The summed E-state index contributed by atoms with van der Waals surface area (Å²) in [5.74, 6) is -1.11. The van der Waals surface area contributed by atoms with Crippen molar-refractivity contribution in [3.63, 3.8) is 0 Å². The zero-order chi connectivity index (χ0) is 19.9. The molecule has 0 aliphatic carbocycles. The first-order valence-corrected chi connectivity index (χ1v) is 9.85. The number of rotatable bonds is 5. The topological polar surface area (TPSA) is 98.7 Å². The van der Waals surface area contributed by atoms with E-state index in [1.165, 1.54) is 12.1 Å². The van der Waals surface area contributed by atoms with Gasteiger partial charge in [-0.15, -0.1) is 12.4 Å². The highest BCUT2D eigenvalue weighted by atomic mass is 35.5. The lowest BCUT2D eigenvalue weighted by Gasteiger charge is -2.31. The molecule has 29 heavy (non-hydrogen) atoms. The van der Waals surface area contributed by atoms with Crippen molar-refractivity contribution in [2.24, 2.45) is 11.8 Å². The van der Waals surface area contributed by atoms with Gasteiger partial charge in [-0.05, 0) is 69.0 Å². The molecular formula is C21H28ClN3O4. The van der Waals surface area contributed by atoms with Crippen LogP contribution in [0.25, 0.3) is 0 Å². The Hall–Kier alpha value is -2.38. The summed E-state index contributed by atoms with van der Waals surface area (Å²) < 4.78 is 0. The first-order chi connectivity index (χ1) is 13.5. The number of anilines is 1. The SMILES string of the molecule is Cl.O=C(O)c1cccc(NC(=O)C2CCCN(C(=O)C=CC3CCNCC3)C2)c1. The van der Waals surface area contributed by atoms with E-state index in [-0.39, 0.29) is 35.7 Å². The molecule has 1 aromatic rings. The van der Waals surface area contributed by atoms with Crippen LogP contribution in [0, 0.1) is 11.8 Å². The molecule has 0 spiro atoms. The minimum absolute atomic E-state index is 0. The van der Waals surface area contributed by atoms with E-state index in [9.17, 15) is 14.4 Å². The summed E-state index contributed by atoms with van der Waals surface area (Å²) in [4.78, 5) is 37.9. The zero-order valence-electron chi connectivity index (χ0n) is 16.3. The van der Waals surface area contributed by atoms with E-state index in [0.29, 0.717) is 31.1 Å². The molecule has 2 amide bonds. The molecule has 0 saturated carbocycles. The number of amides is 2. The first-order valence-electron chi connectivity index (χ1n) is 9.85. The molecule has 2 heterocycles. The number of hydrogen-bond donors (Lipinski definition) is 3. The molecule has 2 saturated heterocycles. The fraction of sp³-hybridized carbons (Fsp3) is 0.476. The first kappa shape index (κ1) is 22.9. The quantitative estimate of drug-likeness (QED) is 0.634. The van der Waals surface area contributed by atoms with Crippen molar-refractivity contribution in [3.05, 3.63) is 42.0 Å². The highest BCUT2D eigenvalue weighted by Gasteiger charge is 2.28. The van der Waals surface area contributed by atoms with Gasteiger partial charge in [-0.3, -0.25) is 9.59 Å². The average Bonchev–Trinajstić information content (AvgIpc) is 2.73. The average molecular weight is 422 g/mol. The van der Waals surface area contributed by atoms with Gasteiger partial charge in [0.25, 0.3) is 0 Å². The number of carboxylic acid groups (broad SMARTS) is 1. The molecule has 3 rings (SSSR count). The molecule has 8 heteroatoms. The Balaban J connectivity index is 0.00000300. The maximum absolute atomic E-state index is 12.6. The Kier molecular flexibility index (Phi) is 8.67. The van der Waals surface area contributed by atoms with E-state index in [4.69, 9.17) is 5.11 Å². The smallest absolute Gasteiger partial charge is 0.335 e.